The number of carbonyl (C=O) groups excluding carboxylic acids is 2. The van der Waals surface area contributed by atoms with Gasteiger partial charge in [-0.3, -0.25) is 14.7 Å². The van der Waals surface area contributed by atoms with Crippen molar-refractivity contribution in [1.29, 1.82) is 0 Å². The molecule has 0 bridgehead atoms. The molecule has 22 heavy (non-hydrogen) atoms. The predicted molar refractivity (Wildman–Crippen MR) is 86.6 cm³/mol. The van der Waals surface area contributed by atoms with Gasteiger partial charge < -0.3 is 9.64 Å². The highest BCUT2D eigenvalue weighted by atomic mass is 16.6. The highest BCUT2D eigenvalue weighted by molar-refractivity contribution is 5.91. The van der Waals surface area contributed by atoms with Crippen molar-refractivity contribution in [3.05, 3.63) is 24.0 Å². The topological polar surface area (TPSA) is 62.2 Å². The number of allylic oxidation sites excluding steroid dienone is 3. The lowest BCUT2D eigenvalue weighted by Crippen LogP contribution is -2.52. The summed E-state index contributed by atoms with van der Waals surface area (Å²) in [5.74, 6) is -0.154. The molecule has 0 atom stereocenters. The summed E-state index contributed by atoms with van der Waals surface area (Å²) in [6.45, 7) is 13.6. The highest BCUT2D eigenvalue weighted by Crippen LogP contribution is 2.14. The smallest absolute Gasteiger partial charge is 0.410 e. The van der Waals surface area contributed by atoms with Gasteiger partial charge in [0.05, 0.1) is 11.9 Å². The summed E-state index contributed by atoms with van der Waals surface area (Å²) in [6.07, 6.45) is 2.97. The number of ether oxygens (including phenoxy) is 1. The Morgan fingerprint density at radius 3 is 2.45 bits per heavy atom. The number of amides is 2. The van der Waals surface area contributed by atoms with Gasteiger partial charge in [0.15, 0.2) is 0 Å². The van der Waals surface area contributed by atoms with Crippen LogP contribution in [0.3, 0.4) is 0 Å². The van der Waals surface area contributed by atoms with E-state index in [1.54, 1.807) is 38.8 Å². The summed E-state index contributed by atoms with van der Waals surface area (Å²) in [5.41, 5.74) is 0.802. The van der Waals surface area contributed by atoms with Gasteiger partial charge in [-0.1, -0.05) is 12.7 Å². The molecule has 0 aromatic carbocycles. The second kappa shape index (κ2) is 7.24. The quantitative estimate of drug-likeness (QED) is 0.753. The molecule has 6 heteroatoms. The molecule has 1 fully saturated rings. The first-order chi connectivity index (χ1) is 10.1. The minimum absolute atomic E-state index is 0.00711. The third kappa shape index (κ3) is 5.35. The third-order valence-corrected chi connectivity index (χ3v) is 2.90. The second-order valence-electron chi connectivity index (χ2n) is 6.15. The Morgan fingerprint density at radius 1 is 1.36 bits per heavy atom. The molecule has 0 aliphatic carbocycles. The predicted octanol–water partition coefficient (Wildman–Crippen LogP) is 2.57. The standard InChI is InChI=1S/C16H25N3O3/c1-7-13(10-17-12(2)3)19-9-8-18(11-14(19)20)15(21)22-16(4,5)6/h7,10H,2,8-9,11H2,1,3-6H3/b13-7+,17-10-. The first-order valence-electron chi connectivity index (χ1n) is 7.28. The van der Waals surface area contributed by atoms with Crippen LogP contribution in [0.2, 0.25) is 0 Å². The summed E-state index contributed by atoms with van der Waals surface area (Å²) in [4.78, 5) is 31.4. The molecule has 0 radical (unpaired) electrons. The van der Waals surface area contributed by atoms with Crippen molar-refractivity contribution in [2.75, 3.05) is 19.6 Å². The van der Waals surface area contributed by atoms with E-state index >= 15 is 0 Å². The summed E-state index contributed by atoms with van der Waals surface area (Å²) in [7, 11) is 0. The van der Waals surface area contributed by atoms with Gasteiger partial charge in [0, 0.05) is 18.8 Å². The van der Waals surface area contributed by atoms with Gasteiger partial charge in [-0.25, -0.2) is 4.79 Å². The Labute approximate surface area is 132 Å². The fourth-order valence-electron chi connectivity index (χ4n) is 1.90. The SMILES string of the molecule is C=C(C)/N=C\C(=C/C)N1CCN(C(=O)OC(C)(C)C)CC1=O. The van der Waals surface area contributed by atoms with E-state index in [-0.39, 0.29) is 12.5 Å². The van der Waals surface area contributed by atoms with Crippen LogP contribution in [0.25, 0.3) is 0 Å². The molecule has 0 unspecified atom stereocenters. The number of rotatable bonds is 3. The van der Waals surface area contributed by atoms with Gasteiger partial charge in [-0.15, -0.1) is 0 Å². The fraction of sp³-hybridized carbons (Fsp3) is 0.562. The zero-order chi connectivity index (χ0) is 16.9. The van der Waals surface area contributed by atoms with Gasteiger partial charge in [0.2, 0.25) is 5.91 Å². The molecular weight excluding hydrogens is 282 g/mol. The van der Waals surface area contributed by atoms with Crippen LogP contribution in [0.1, 0.15) is 34.6 Å². The van der Waals surface area contributed by atoms with Crippen LogP contribution in [-0.2, 0) is 9.53 Å². The summed E-state index contributed by atoms with van der Waals surface area (Å²) < 4.78 is 5.29. The lowest BCUT2D eigenvalue weighted by atomic mass is 10.2. The molecule has 1 rings (SSSR count). The van der Waals surface area contributed by atoms with Crippen molar-refractivity contribution in [1.82, 2.24) is 9.80 Å². The number of hydrogen-bond acceptors (Lipinski definition) is 4. The monoisotopic (exact) mass is 307 g/mol. The first-order valence-corrected chi connectivity index (χ1v) is 7.28. The largest absolute Gasteiger partial charge is 0.444 e. The molecular formula is C16H25N3O3. The fourth-order valence-corrected chi connectivity index (χ4v) is 1.90. The van der Waals surface area contributed by atoms with Crippen molar-refractivity contribution in [3.63, 3.8) is 0 Å². The number of nitrogens with zero attached hydrogens (tertiary/aromatic N) is 3. The Kier molecular flexibility index (Phi) is 5.91. The number of hydrogen-bond donors (Lipinski definition) is 0. The van der Waals surface area contributed by atoms with E-state index in [0.717, 1.165) is 0 Å². The summed E-state index contributed by atoms with van der Waals surface area (Å²) in [6, 6.07) is 0. The molecule has 122 valence electrons. The van der Waals surface area contributed by atoms with Gasteiger partial charge in [0.1, 0.15) is 12.1 Å². The van der Waals surface area contributed by atoms with Gasteiger partial charge in [-0.05, 0) is 34.6 Å². The molecule has 2 amide bonds. The number of aliphatic imine (C=N–C) groups is 1. The second-order valence-corrected chi connectivity index (χ2v) is 6.15. The average molecular weight is 307 g/mol. The minimum Gasteiger partial charge on any atom is -0.444 e. The molecule has 6 nitrogen and oxygen atoms in total. The van der Waals surface area contributed by atoms with Gasteiger partial charge >= 0.3 is 6.09 Å². The molecule has 1 aliphatic rings. The van der Waals surface area contributed by atoms with Crippen molar-refractivity contribution in [2.24, 2.45) is 4.99 Å². The van der Waals surface area contributed by atoms with Gasteiger partial charge in [-0.2, -0.15) is 0 Å². The van der Waals surface area contributed by atoms with Crippen LogP contribution >= 0.6 is 0 Å². The van der Waals surface area contributed by atoms with E-state index in [9.17, 15) is 9.59 Å². The molecule has 1 saturated heterocycles. The van der Waals surface area contributed by atoms with E-state index in [4.69, 9.17) is 4.74 Å². The molecule has 1 aliphatic heterocycles. The van der Waals surface area contributed by atoms with E-state index in [0.29, 0.717) is 24.5 Å². The van der Waals surface area contributed by atoms with Crippen LogP contribution in [0.4, 0.5) is 4.79 Å². The van der Waals surface area contributed by atoms with Crippen LogP contribution in [0, 0.1) is 0 Å². The molecule has 0 N–H and O–H groups in total. The van der Waals surface area contributed by atoms with Gasteiger partial charge in [0.25, 0.3) is 0 Å². The average Bonchev–Trinajstić information content (AvgIpc) is 2.38. The molecule has 0 saturated carbocycles. The first kappa shape index (κ1) is 17.9. The minimum atomic E-state index is -0.570. The maximum absolute atomic E-state index is 12.3. The molecule has 0 aromatic rings. The van der Waals surface area contributed by atoms with Crippen LogP contribution < -0.4 is 0 Å². The summed E-state index contributed by atoms with van der Waals surface area (Å²) in [5, 5.41) is 0. The van der Waals surface area contributed by atoms with Crippen LogP contribution in [0.5, 0.6) is 0 Å². The van der Waals surface area contributed by atoms with Crippen LogP contribution in [-0.4, -0.2) is 53.3 Å². The lowest BCUT2D eigenvalue weighted by molar-refractivity contribution is -0.133. The maximum Gasteiger partial charge on any atom is 0.410 e. The van der Waals surface area contributed by atoms with E-state index < -0.39 is 11.7 Å². The van der Waals surface area contributed by atoms with Crippen molar-refractivity contribution < 1.29 is 14.3 Å². The van der Waals surface area contributed by atoms with E-state index in [2.05, 4.69) is 11.6 Å². The summed E-state index contributed by atoms with van der Waals surface area (Å²) >= 11 is 0. The third-order valence-electron chi connectivity index (χ3n) is 2.90. The molecule has 1 heterocycles. The van der Waals surface area contributed by atoms with Crippen molar-refractivity contribution in [3.8, 4) is 0 Å². The van der Waals surface area contributed by atoms with Crippen molar-refractivity contribution >= 4 is 18.2 Å². The Bertz CT molecular complexity index is 515. The zero-order valence-electron chi connectivity index (χ0n) is 14.0. The molecule has 0 aromatic heterocycles. The normalized spacial score (nSPS) is 17.1. The van der Waals surface area contributed by atoms with E-state index in [1.807, 2.05) is 13.0 Å². The maximum atomic E-state index is 12.3. The number of piperazine rings is 1. The Balaban J connectivity index is 2.72. The van der Waals surface area contributed by atoms with Crippen LogP contribution in [0.15, 0.2) is 29.0 Å². The lowest BCUT2D eigenvalue weighted by Gasteiger charge is -2.35. The molecule has 0 spiro atoms. The Hall–Kier alpha value is -2.11. The van der Waals surface area contributed by atoms with Crippen molar-refractivity contribution in [2.45, 2.75) is 40.2 Å². The Morgan fingerprint density at radius 2 is 2.00 bits per heavy atom. The number of carbonyl (C=O) groups is 2. The van der Waals surface area contributed by atoms with E-state index in [1.165, 1.54) is 4.90 Å². The zero-order valence-corrected chi connectivity index (χ0v) is 14.0. The highest BCUT2D eigenvalue weighted by Gasteiger charge is 2.31.